The molecule has 9 heteroatoms. The highest BCUT2D eigenvalue weighted by atomic mass is 32.2. The van der Waals surface area contributed by atoms with Crippen LogP contribution < -0.4 is 5.73 Å². The monoisotopic (exact) mass is 397 g/mol. The van der Waals surface area contributed by atoms with Crippen LogP contribution in [0.15, 0.2) is 53.7 Å². The number of benzene rings is 2. The maximum atomic E-state index is 13.7. The second-order valence-corrected chi connectivity index (χ2v) is 8.38. The summed E-state index contributed by atoms with van der Waals surface area (Å²) >= 11 is 0. The molecule has 0 unspecified atom stereocenters. The Balaban J connectivity index is 2.09. The molecule has 2 heterocycles. The average molecular weight is 397 g/mol. The van der Waals surface area contributed by atoms with Crippen molar-refractivity contribution in [2.45, 2.75) is 12.1 Å². The molecule has 0 spiro atoms. The third-order valence-corrected chi connectivity index (χ3v) is 5.07. The van der Waals surface area contributed by atoms with Crippen molar-refractivity contribution in [2.24, 2.45) is 0 Å². The van der Waals surface area contributed by atoms with Gasteiger partial charge in [-0.15, -0.1) is 5.10 Å². The second-order valence-electron chi connectivity index (χ2n) is 6.47. The van der Waals surface area contributed by atoms with Crippen molar-refractivity contribution in [1.82, 2.24) is 19.7 Å². The van der Waals surface area contributed by atoms with Gasteiger partial charge in [-0.2, -0.15) is 4.98 Å². The number of rotatable bonds is 3. The van der Waals surface area contributed by atoms with Crippen LogP contribution in [-0.2, 0) is 9.84 Å². The molecule has 0 bridgehead atoms. The first-order valence-corrected chi connectivity index (χ1v) is 10.2. The molecular weight excluding hydrogens is 381 g/mol. The van der Waals surface area contributed by atoms with Gasteiger partial charge < -0.3 is 5.73 Å². The molecule has 4 rings (SSSR count). The molecule has 4 aromatic rings. The Morgan fingerprint density at radius 3 is 2.50 bits per heavy atom. The smallest absolute Gasteiger partial charge is 0.249 e. The fraction of sp³-hybridized carbons (Fsp3) is 0.105. The Morgan fingerprint density at radius 2 is 1.82 bits per heavy atom. The number of hydrogen-bond donors (Lipinski definition) is 1. The molecule has 142 valence electrons. The topological polar surface area (TPSA) is 104 Å². The number of nitrogens with zero attached hydrogens (tertiary/aromatic N) is 4. The van der Waals surface area contributed by atoms with Gasteiger partial charge in [0.25, 0.3) is 0 Å². The summed E-state index contributed by atoms with van der Waals surface area (Å²) in [5.41, 5.74) is 8.83. The number of nitrogens with two attached hydrogens (primary N) is 1. The van der Waals surface area contributed by atoms with Crippen LogP contribution in [0.2, 0.25) is 0 Å². The fourth-order valence-corrected chi connectivity index (χ4v) is 3.47. The van der Waals surface area contributed by atoms with Crippen molar-refractivity contribution < 1.29 is 12.8 Å². The van der Waals surface area contributed by atoms with Gasteiger partial charge in [-0.1, -0.05) is 29.8 Å². The van der Waals surface area contributed by atoms with Gasteiger partial charge in [-0.05, 0) is 31.2 Å². The first-order valence-electron chi connectivity index (χ1n) is 8.33. The second kappa shape index (κ2) is 6.38. The lowest BCUT2D eigenvalue weighted by molar-refractivity contribution is 0.593. The standard InChI is InChI=1S/C19H16FN5O2S/c1-11-5-3-6-12(9-11)16-15-17(21)25(14-8-4-7-13(20)10-14)24-18(15)23-19(22-16)28(2,26)27/h3-10H,21H2,1-2H3. The summed E-state index contributed by atoms with van der Waals surface area (Å²) in [4.78, 5) is 8.34. The van der Waals surface area contributed by atoms with E-state index >= 15 is 0 Å². The summed E-state index contributed by atoms with van der Waals surface area (Å²) in [5, 5.41) is 4.37. The highest BCUT2D eigenvalue weighted by Gasteiger charge is 2.22. The molecule has 0 aliphatic rings. The van der Waals surface area contributed by atoms with Gasteiger partial charge in [0, 0.05) is 11.8 Å². The first kappa shape index (κ1) is 18.1. The molecule has 0 radical (unpaired) electrons. The van der Waals surface area contributed by atoms with E-state index in [-0.39, 0.29) is 16.6 Å². The van der Waals surface area contributed by atoms with Crippen LogP contribution in [-0.4, -0.2) is 34.4 Å². The van der Waals surface area contributed by atoms with E-state index < -0.39 is 15.7 Å². The molecule has 2 aromatic carbocycles. The van der Waals surface area contributed by atoms with Gasteiger partial charge in [-0.3, -0.25) is 0 Å². The molecule has 0 saturated carbocycles. The Bertz CT molecular complexity index is 1330. The van der Waals surface area contributed by atoms with Crippen LogP contribution in [0.5, 0.6) is 0 Å². The summed E-state index contributed by atoms with van der Waals surface area (Å²) in [6.45, 7) is 1.92. The number of nitrogen functional groups attached to an aromatic ring is 1. The lowest BCUT2D eigenvalue weighted by Gasteiger charge is -2.07. The molecule has 0 amide bonds. The zero-order chi connectivity index (χ0) is 20.1. The number of fused-ring (bicyclic) bond motifs is 1. The van der Waals surface area contributed by atoms with E-state index in [0.717, 1.165) is 11.8 Å². The molecule has 0 aliphatic heterocycles. The maximum absolute atomic E-state index is 13.7. The van der Waals surface area contributed by atoms with Gasteiger partial charge in [-0.25, -0.2) is 22.5 Å². The van der Waals surface area contributed by atoms with Crippen molar-refractivity contribution in [3.05, 3.63) is 59.9 Å². The Labute approximate surface area is 160 Å². The predicted molar refractivity (Wildman–Crippen MR) is 104 cm³/mol. The van der Waals surface area contributed by atoms with E-state index in [1.807, 2.05) is 25.1 Å². The third-order valence-electron chi connectivity index (χ3n) is 4.22. The Kier molecular flexibility index (Phi) is 4.11. The zero-order valence-electron chi connectivity index (χ0n) is 15.1. The van der Waals surface area contributed by atoms with Crippen molar-refractivity contribution in [3.63, 3.8) is 0 Å². The number of anilines is 1. The summed E-state index contributed by atoms with van der Waals surface area (Å²) in [7, 11) is -3.68. The number of sulfone groups is 1. The number of halogens is 1. The zero-order valence-corrected chi connectivity index (χ0v) is 15.9. The minimum atomic E-state index is -3.68. The van der Waals surface area contributed by atoms with Gasteiger partial charge in [0.15, 0.2) is 5.65 Å². The predicted octanol–water partition coefficient (Wildman–Crippen LogP) is 2.92. The minimum absolute atomic E-state index is 0.119. The Hall–Kier alpha value is -3.33. The third kappa shape index (κ3) is 3.09. The van der Waals surface area contributed by atoms with Gasteiger partial charge in [0.05, 0.1) is 16.8 Å². The molecule has 0 saturated heterocycles. The van der Waals surface area contributed by atoms with E-state index in [4.69, 9.17) is 5.73 Å². The first-order chi connectivity index (χ1) is 13.2. The molecule has 0 atom stereocenters. The molecule has 2 N–H and O–H groups in total. The van der Waals surface area contributed by atoms with Crippen molar-refractivity contribution in [1.29, 1.82) is 0 Å². The average Bonchev–Trinajstić information content (AvgIpc) is 2.97. The van der Waals surface area contributed by atoms with Gasteiger partial charge in [0.2, 0.25) is 15.0 Å². The normalized spacial score (nSPS) is 11.8. The maximum Gasteiger partial charge on any atom is 0.249 e. The van der Waals surface area contributed by atoms with E-state index in [2.05, 4.69) is 15.1 Å². The van der Waals surface area contributed by atoms with Crippen molar-refractivity contribution in [3.8, 4) is 16.9 Å². The molecule has 0 fully saturated rings. The lowest BCUT2D eigenvalue weighted by Crippen LogP contribution is -2.06. The van der Waals surface area contributed by atoms with Crippen molar-refractivity contribution in [2.75, 3.05) is 12.0 Å². The molecule has 7 nitrogen and oxygen atoms in total. The highest BCUT2D eigenvalue weighted by Crippen LogP contribution is 2.33. The van der Waals surface area contributed by atoms with E-state index in [9.17, 15) is 12.8 Å². The minimum Gasteiger partial charge on any atom is -0.383 e. The largest absolute Gasteiger partial charge is 0.383 e. The summed E-state index contributed by atoms with van der Waals surface area (Å²) in [6, 6.07) is 13.2. The highest BCUT2D eigenvalue weighted by molar-refractivity contribution is 7.90. The van der Waals surface area contributed by atoms with Crippen LogP contribution in [0.3, 0.4) is 0 Å². The Morgan fingerprint density at radius 1 is 1.07 bits per heavy atom. The van der Waals surface area contributed by atoms with Crippen LogP contribution in [0.4, 0.5) is 10.2 Å². The number of aromatic nitrogens is 4. The fourth-order valence-electron chi connectivity index (χ4n) is 2.96. The SMILES string of the molecule is Cc1cccc(-c2nc(S(C)(=O)=O)nc3nn(-c4cccc(F)c4)c(N)c23)c1. The van der Waals surface area contributed by atoms with E-state index in [1.54, 1.807) is 12.1 Å². The summed E-state index contributed by atoms with van der Waals surface area (Å²) in [5.74, 6) is -0.254. The lowest BCUT2D eigenvalue weighted by atomic mass is 10.1. The van der Waals surface area contributed by atoms with Crippen molar-refractivity contribution >= 4 is 26.7 Å². The molecule has 0 aliphatic carbocycles. The van der Waals surface area contributed by atoms with Crippen LogP contribution in [0.1, 0.15) is 5.56 Å². The number of hydrogen-bond acceptors (Lipinski definition) is 6. The van der Waals surface area contributed by atoms with E-state index in [0.29, 0.717) is 22.3 Å². The molecule has 28 heavy (non-hydrogen) atoms. The summed E-state index contributed by atoms with van der Waals surface area (Å²) < 4.78 is 39.2. The van der Waals surface area contributed by atoms with Crippen LogP contribution in [0, 0.1) is 12.7 Å². The van der Waals surface area contributed by atoms with Gasteiger partial charge in [0.1, 0.15) is 11.6 Å². The quantitative estimate of drug-likeness (QED) is 0.533. The molecule has 2 aromatic heterocycles. The number of aryl methyl sites for hydroxylation is 1. The summed E-state index contributed by atoms with van der Waals surface area (Å²) in [6.07, 6.45) is 1.03. The van der Waals surface area contributed by atoms with E-state index in [1.165, 1.54) is 22.9 Å². The molecular formula is C19H16FN5O2S. The van der Waals surface area contributed by atoms with Gasteiger partial charge >= 0.3 is 0 Å². The van der Waals surface area contributed by atoms with Crippen LogP contribution >= 0.6 is 0 Å². The van der Waals surface area contributed by atoms with Crippen LogP contribution in [0.25, 0.3) is 28.0 Å².